The number of carbonyl (C=O) groups is 2. The molecule has 0 spiro atoms. The molecule has 0 amide bonds. The second-order valence-corrected chi connectivity index (χ2v) is 4.62. The van der Waals surface area contributed by atoms with E-state index in [-0.39, 0.29) is 11.9 Å². The Morgan fingerprint density at radius 3 is 2.00 bits per heavy atom. The Balaban J connectivity index is 0. The predicted molar refractivity (Wildman–Crippen MR) is 85.9 cm³/mol. The average molecular weight is 298 g/mol. The topological polar surface area (TPSA) is 52.6 Å². The first kappa shape index (κ1) is 21.7. The van der Waals surface area contributed by atoms with Gasteiger partial charge in [0.1, 0.15) is 0 Å². The second-order valence-electron chi connectivity index (χ2n) is 4.62. The molecule has 0 saturated carbocycles. The fraction of sp³-hybridized carbons (Fsp3) is 0.647. The van der Waals surface area contributed by atoms with Crippen molar-refractivity contribution in [1.82, 2.24) is 0 Å². The first-order valence-corrected chi connectivity index (χ1v) is 7.63. The van der Waals surface area contributed by atoms with Gasteiger partial charge in [0.05, 0.1) is 13.2 Å². The summed E-state index contributed by atoms with van der Waals surface area (Å²) >= 11 is 0. The zero-order valence-corrected chi connectivity index (χ0v) is 13.7. The third kappa shape index (κ3) is 16.4. The molecule has 0 radical (unpaired) electrons. The molecule has 0 aliphatic heterocycles. The molecular weight excluding hydrogens is 268 g/mol. The molecule has 21 heavy (non-hydrogen) atoms. The summed E-state index contributed by atoms with van der Waals surface area (Å²) in [6.45, 7) is 13.9. The van der Waals surface area contributed by atoms with E-state index in [9.17, 15) is 9.59 Å². The van der Waals surface area contributed by atoms with Crippen molar-refractivity contribution in [2.75, 3.05) is 13.2 Å². The molecule has 0 aromatic carbocycles. The van der Waals surface area contributed by atoms with E-state index in [4.69, 9.17) is 4.74 Å². The third-order valence-corrected chi connectivity index (χ3v) is 2.79. The van der Waals surface area contributed by atoms with Crippen molar-refractivity contribution in [1.29, 1.82) is 0 Å². The normalized spacial score (nSPS) is 10.6. The van der Waals surface area contributed by atoms with Crippen molar-refractivity contribution in [3.63, 3.8) is 0 Å². The summed E-state index contributed by atoms with van der Waals surface area (Å²) < 4.78 is 9.57. The van der Waals surface area contributed by atoms with Crippen LogP contribution in [0.15, 0.2) is 25.3 Å². The number of esters is 2. The molecule has 0 rings (SSSR count). The van der Waals surface area contributed by atoms with E-state index >= 15 is 0 Å². The van der Waals surface area contributed by atoms with Crippen LogP contribution in [-0.2, 0) is 19.1 Å². The van der Waals surface area contributed by atoms with Gasteiger partial charge in [-0.05, 0) is 18.8 Å². The van der Waals surface area contributed by atoms with Crippen LogP contribution in [0.1, 0.15) is 52.9 Å². The highest BCUT2D eigenvalue weighted by atomic mass is 16.5. The van der Waals surface area contributed by atoms with Crippen molar-refractivity contribution >= 4 is 11.9 Å². The lowest BCUT2D eigenvalue weighted by Gasteiger charge is -2.13. The maximum Gasteiger partial charge on any atom is 0.330 e. The first-order chi connectivity index (χ1) is 10.0. The monoisotopic (exact) mass is 298 g/mol. The molecule has 0 aromatic rings. The zero-order valence-electron chi connectivity index (χ0n) is 13.7. The molecule has 0 aliphatic carbocycles. The average Bonchev–Trinajstić information content (AvgIpc) is 2.52. The van der Waals surface area contributed by atoms with Gasteiger partial charge in [-0.1, -0.05) is 53.2 Å². The molecule has 0 saturated heterocycles. The van der Waals surface area contributed by atoms with E-state index in [1.54, 1.807) is 0 Å². The van der Waals surface area contributed by atoms with E-state index in [0.717, 1.165) is 25.3 Å². The van der Waals surface area contributed by atoms with E-state index in [1.807, 2.05) is 6.92 Å². The maximum absolute atomic E-state index is 10.8. The van der Waals surface area contributed by atoms with Gasteiger partial charge in [-0.3, -0.25) is 0 Å². The minimum absolute atomic E-state index is 0.310. The largest absolute Gasteiger partial charge is 0.463 e. The minimum Gasteiger partial charge on any atom is -0.463 e. The van der Waals surface area contributed by atoms with Gasteiger partial charge in [-0.25, -0.2) is 9.59 Å². The van der Waals surface area contributed by atoms with Gasteiger partial charge in [0.2, 0.25) is 0 Å². The Kier molecular flexibility index (Phi) is 17.0. The fourth-order valence-corrected chi connectivity index (χ4v) is 1.42. The number of unbranched alkanes of at least 4 members (excludes halogenated alkanes) is 1. The highest BCUT2D eigenvalue weighted by Gasteiger charge is 2.07. The standard InChI is InChI=1S/C11H20O2.C6H10O2/c1-4-7-8-10(5-2)9-13-11(12)6-3;1-3-5-8-6(7)4-2/h6,10H,3-5,7-9H2,1-2H3;4H,2-3,5H2,1H3. The number of hydrogen-bond donors (Lipinski definition) is 0. The first-order valence-electron chi connectivity index (χ1n) is 7.63. The molecule has 0 bridgehead atoms. The summed E-state index contributed by atoms with van der Waals surface area (Å²) in [5, 5.41) is 0. The summed E-state index contributed by atoms with van der Waals surface area (Å²) in [6, 6.07) is 0. The van der Waals surface area contributed by atoms with Crippen LogP contribution in [0, 0.1) is 5.92 Å². The lowest BCUT2D eigenvalue weighted by atomic mass is 10.0. The summed E-state index contributed by atoms with van der Waals surface area (Å²) in [5.41, 5.74) is 0. The molecule has 0 fully saturated rings. The summed E-state index contributed by atoms with van der Waals surface area (Å²) in [5.74, 6) is -0.134. The van der Waals surface area contributed by atoms with Crippen molar-refractivity contribution < 1.29 is 19.1 Å². The van der Waals surface area contributed by atoms with E-state index in [2.05, 4.69) is 31.7 Å². The predicted octanol–water partition coefficient (Wildman–Crippen LogP) is 4.06. The molecule has 122 valence electrons. The van der Waals surface area contributed by atoms with Crippen LogP contribution in [-0.4, -0.2) is 25.2 Å². The summed E-state index contributed by atoms with van der Waals surface area (Å²) in [4.78, 5) is 21.0. The minimum atomic E-state index is -0.341. The van der Waals surface area contributed by atoms with Gasteiger partial charge in [-0.2, -0.15) is 0 Å². The number of rotatable bonds is 10. The van der Waals surface area contributed by atoms with Gasteiger partial charge >= 0.3 is 11.9 Å². The Morgan fingerprint density at radius 1 is 1.00 bits per heavy atom. The number of hydrogen-bond acceptors (Lipinski definition) is 4. The highest BCUT2D eigenvalue weighted by Crippen LogP contribution is 2.12. The third-order valence-electron chi connectivity index (χ3n) is 2.79. The molecule has 0 N–H and O–H groups in total. The van der Waals surface area contributed by atoms with Gasteiger partial charge in [0, 0.05) is 12.2 Å². The highest BCUT2D eigenvalue weighted by molar-refractivity contribution is 5.81. The van der Waals surface area contributed by atoms with Crippen LogP contribution >= 0.6 is 0 Å². The lowest BCUT2D eigenvalue weighted by Crippen LogP contribution is -2.12. The quantitative estimate of drug-likeness (QED) is 0.451. The maximum atomic E-state index is 10.8. The summed E-state index contributed by atoms with van der Waals surface area (Å²) in [7, 11) is 0. The second kappa shape index (κ2) is 16.5. The molecule has 4 heteroatoms. The molecule has 0 heterocycles. The van der Waals surface area contributed by atoms with E-state index in [0.29, 0.717) is 19.1 Å². The smallest absolute Gasteiger partial charge is 0.330 e. The molecule has 0 aromatic heterocycles. The van der Waals surface area contributed by atoms with Gasteiger partial charge < -0.3 is 9.47 Å². The van der Waals surface area contributed by atoms with Crippen LogP contribution in [0.25, 0.3) is 0 Å². The fourth-order valence-electron chi connectivity index (χ4n) is 1.42. The lowest BCUT2D eigenvalue weighted by molar-refractivity contribution is -0.139. The van der Waals surface area contributed by atoms with E-state index in [1.165, 1.54) is 18.9 Å². The Labute approximate surface area is 129 Å². The number of ether oxygens (including phenoxy) is 2. The summed E-state index contributed by atoms with van der Waals surface area (Å²) in [6.07, 6.45) is 7.87. The molecule has 0 aliphatic rings. The van der Waals surface area contributed by atoms with Crippen LogP contribution < -0.4 is 0 Å². The zero-order chi connectivity index (χ0) is 16.5. The Bertz CT molecular complexity index is 297. The molecule has 1 atom stereocenters. The SMILES string of the molecule is C=CC(=O)OCC(CC)CCCC.C=CC(=O)OCCC. The van der Waals surface area contributed by atoms with Gasteiger partial charge in [-0.15, -0.1) is 0 Å². The molecular formula is C17H30O4. The van der Waals surface area contributed by atoms with Crippen LogP contribution in [0.3, 0.4) is 0 Å². The molecule has 1 unspecified atom stereocenters. The Morgan fingerprint density at radius 2 is 1.57 bits per heavy atom. The van der Waals surface area contributed by atoms with Gasteiger partial charge in [0.25, 0.3) is 0 Å². The molecule has 4 nitrogen and oxygen atoms in total. The van der Waals surface area contributed by atoms with Crippen molar-refractivity contribution in [3.05, 3.63) is 25.3 Å². The van der Waals surface area contributed by atoms with Crippen molar-refractivity contribution in [2.24, 2.45) is 5.92 Å². The van der Waals surface area contributed by atoms with Crippen LogP contribution in [0.4, 0.5) is 0 Å². The number of carbonyl (C=O) groups excluding carboxylic acids is 2. The van der Waals surface area contributed by atoms with Crippen LogP contribution in [0.5, 0.6) is 0 Å². The van der Waals surface area contributed by atoms with Gasteiger partial charge in [0.15, 0.2) is 0 Å². The van der Waals surface area contributed by atoms with E-state index < -0.39 is 0 Å². The Hall–Kier alpha value is -1.58. The van der Waals surface area contributed by atoms with Crippen molar-refractivity contribution in [2.45, 2.75) is 52.9 Å². The van der Waals surface area contributed by atoms with Crippen molar-refractivity contribution in [3.8, 4) is 0 Å². The van der Waals surface area contributed by atoms with Crippen LogP contribution in [0.2, 0.25) is 0 Å².